The predicted molar refractivity (Wildman–Crippen MR) is 137 cm³/mol. The molecule has 2 aromatic heterocycles. The number of ketones is 1. The normalized spacial score (nSPS) is 15.7. The SMILES string of the molecule is Cc1ccc(N2C(=O)C(O)=C(C(=O)c3sc(-c4ccccc4)nc3C)C2c2ccncc2)cc1C. The van der Waals surface area contributed by atoms with Gasteiger partial charge in [-0.3, -0.25) is 19.5 Å². The van der Waals surface area contributed by atoms with Gasteiger partial charge in [-0.1, -0.05) is 36.4 Å². The van der Waals surface area contributed by atoms with Crippen LogP contribution in [0.2, 0.25) is 0 Å². The van der Waals surface area contributed by atoms with Gasteiger partial charge in [0.15, 0.2) is 5.76 Å². The number of anilines is 1. The highest BCUT2D eigenvalue weighted by molar-refractivity contribution is 7.17. The molecule has 7 heteroatoms. The summed E-state index contributed by atoms with van der Waals surface area (Å²) in [7, 11) is 0. The zero-order valence-corrected chi connectivity index (χ0v) is 20.3. The molecular formula is C28H23N3O3S. The second-order valence-corrected chi connectivity index (χ2v) is 9.52. The predicted octanol–water partition coefficient (Wildman–Crippen LogP) is 5.91. The first-order valence-corrected chi connectivity index (χ1v) is 12.0. The Labute approximate surface area is 207 Å². The Bertz CT molecular complexity index is 1480. The van der Waals surface area contributed by atoms with Crippen LogP contribution in [0.15, 0.2) is 84.4 Å². The van der Waals surface area contributed by atoms with Crippen molar-refractivity contribution in [2.24, 2.45) is 0 Å². The highest BCUT2D eigenvalue weighted by Gasteiger charge is 2.45. The van der Waals surface area contributed by atoms with E-state index in [1.54, 1.807) is 31.5 Å². The van der Waals surface area contributed by atoms with Gasteiger partial charge in [-0.05, 0) is 61.7 Å². The number of benzene rings is 2. The number of hydrogen-bond donors (Lipinski definition) is 1. The van der Waals surface area contributed by atoms with E-state index < -0.39 is 23.5 Å². The molecule has 6 nitrogen and oxygen atoms in total. The number of hydrogen-bond acceptors (Lipinski definition) is 6. The quantitative estimate of drug-likeness (QED) is 0.358. The number of Topliss-reactive ketones (excluding diaryl/α,β-unsaturated/α-hetero) is 1. The van der Waals surface area contributed by atoms with Crippen LogP contribution in [0.5, 0.6) is 0 Å². The summed E-state index contributed by atoms with van der Waals surface area (Å²) < 4.78 is 0. The third-order valence-corrected chi connectivity index (χ3v) is 7.47. The molecule has 1 N–H and O–H groups in total. The molecule has 174 valence electrons. The number of aliphatic hydroxyl groups is 1. The van der Waals surface area contributed by atoms with Crippen LogP contribution in [0.3, 0.4) is 0 Å². The van der Waals surface area contributed by atoms with Gasteiger partial charge in [0.2, 0.25) is 5.78 Å². The maximum atomic E-state index is 13.9. The van der Waals surface area contributed by atoms with E-state index in [0.29, 0.717) is 26.8 Å². The first kappa shape index (κ1) is 22.7. The lowest BCUT2D eigenvalue weighted by molar-refractivity contribution is -0.117. The Balaban J connectivity index is 1.63. The molecule has 0 saturated carbocycles. The Morgan fingerprint density at radius 2 is 1.69 bits per heavy atom. The molecule has 2 aromatic carbocycles. The molecule has 1 aliphatic heterocycles. The summed E-state index contributed by atoms with van der Waals surface area (Å²) in [6.07, 6.45) is 3.22. The highest BCUT2D eigenvalue weighted by Crippen LogP contribution is 2.43. The molecule has 1 unspecified atom stereocenters. The number of aliphatic hydroxyl groups excluding tert-OH is 1. The zero-order chi connectivity index (χ0) is 24.7. The van der Waals surface area contributed by atoms with Crippen LogP contribution in [0.25, 0.3) is 10.6 Å². The van der Waals surface area contributed by atoms with Gasteiger partial charge >= 0.3 is 0 Å². The summed E-state index contributed by atoms with van der Waals surface area (Å²) in [5.41, 5.74) is 4.90. The lowest BCUT2D eigenvalue weighted by Gasteiger charge is -2.27. The molecule has 5 rings (SSSR count). The second-order valence-electron chi connectivity index (χ2n) is 8.52. The minimum atomic E-state index is -0.790. The van der Waals surface area contributed by atoms with Gasteiger partial charge in [0, 0.05) is 23.6 Å². The molecule has 0 fully saturated rings. The standard InChI is InChI=1S/C28H23N3O3S/c1-16-9-10-21(15-17(16)2)31-23(19-11-13-29-14-12-19)22(25(33)28(31)34)24(32)26-18(3)30-27(35-26)20-7-5-4-6-8-20/h4-15,23,33H,1-3H3. The maximum Gasteiger partial charge on any atom is 0.294 e. The van der Waals surface area contributed by atoms with Crippen molar-refractivity contribution in [1.82, 2.24) is 9.97 Å². The molecule has 0 bridgehead atoms. The Hall–Kier alpha value is -4.10. The molecule has 1 atom stereocenters. The van der Waals surface area contributed by atoms with E-state index in [0.717, 1.165) is 16.7 Å². The minimum Gasteiger partial charge on any atom is -0.503 e. The van der Waals surface area contributed by atoms with Crippen molar-refractivity contribution in [3.63, 3.8) is 0 Å². The number of nitrogens with zero attached hydrogens (tertiary/aromatic N) is 3. The van der Waals surface area contributed by atoms with Gasteiger partial charge in [0.25, 0.3) is 5.91 Å². The molecule has 0 saturated heterocycles. The summed E-state index contributed by atoms with van der Waals surface area (Å²) in [4.78, 5) is 37.9. The number of aryl methyl sites for hydroxylation is 3. The van der Waals surface area contributed by atoms with Crippen molar-refractivity contribution in [1.29, 1.82) is 0 Å². The van der Waals surface area contributed by atoms with Crippen molar-refractivity contribution in [3.05, 3.63) is 112 Å². The number of amides is 1. The molecule has 0 spiro atoms. The Morgan fingerprint density at radius 1 is 0.971 bits per heavy atom. The first-order valence-electron chi connectivity index (χ1n) is 11.2. The highest BCUT2D eigenvalue weighted by atomic mass is 32.1. The number of aromatic nitrogens is 2. The van der Waals surface area contributed by atoms with Gasteiger partial charge in [-0.15, -0.1) is 11.3 Å². The monoisotopic (exact) mass is 481 g/mol. The summed E-state index contributed by atoms with van der Waals surface area (Å²) in [5, 5.41) is 11.7. The van der Waals surface area contributed by atoms with E-state index in [1.807, 2.05) is 62.4 Å². The third kappa shape index (κ3) is 3.94. The molecule has 1 aliphatic rings. The van der Waals surface area contributed by atoms with Crippen LogP contribution >= 0.6 is 11.3 Å². The lowest BCUT2D eigenvalue weighted by atomic mass is 9.95. The largest absolute Gasteiger partial charge is 0.503 e. The van der Waals surface area contributed by atoms with Crippen LogP contribution in [0.4, 0.5) is 5.69 Å². The molecule has 3 heterocycles. The van der Waals surface area contributed by atoms with Gasteiger partial charge in [-0.25, -0.2) is 4.98 Å². The maximum absolute atomic E-state index is 13.9. The molecule has 35 heavy (non-hydrogen) atoms. The summed E-state index contributed by atoms with van der Waals surface area (Å²) >= 11 is 1.26. The third-order valence-electron chi connectivity index (χ3n) is 6.27. The topological polar surface area (TPSA) is 83.4 Å². The molecule has 4 aromatic rings. The number of pyridine rings is 1. The van der Waals surface area contributed by atoms with Crippen LogP contribution < -0.4 is 4.90 Å². The second kappa shape index (κ2) is 8.92. The van der Waals surface area contributed by atoms with E-state index in [1.165, 1.54) is 16.2 Å². The van der Waals surface area contributed by atoms with E-state index in [9.17, 15) is 14.7 Å². The van der Waals surface area contributed by atoms with Crippen LogP contribution in [-0.4, -0.2) is 26.8 Å². The van der Waals surface area contributed by atoms with E-state index in [2.05, 4.69) is 9.97 Å². The number of thiazole rings is 1. The summed E-state index contributed by atoms with van der Waals surface area (Å²) in [6, 6.07) is 18.0. The summed E-state index contributed by atoms with van der Waals surface area (Å²) in [5.74, 6) is -1.55. The van der Waals surface area contributed by atoms with Crippen molar-refractivity contribution >= 4 is 28.7 Å². The van der Waals surface area contributed by atoms with Gasteiger partial charge in [0.1, 0.15) is 5.01 Å². The van der Waals surface area contributed by atoms with Crippen molar-refractivity contribution in [2.45, 2.75) is 26.8 Å². The smallest absolute Gasteiger partial charge is 0.294 e. The Kier molecular flexibility index (Phi) is 5.78. The average Bonchev–Trinajstić information content (AvgIpc) is 3.39. The number of rotatable bonds is 5. The van der Waals surface area contributed by atoms with Gasteiger partial charge in [-0.2, -0.15) is 0 Å². The fourth-order valence-electron chi connectivity index (χ4n) is 4.27. The van der Waals surface area contributed by atoms with Crippen molar-refractivity contribution in [2.75, 3.05) is 4.90 Å². The van der Waals surface area contributed by atoms with Gasteiger partial charge in [0.05, 0.1) is 22.2 Å². The van der Waals surface area contributed by atoms with E-state index >= 15 is 0 Å². The molecule has 0 radical (unpaired) electrons. The molecular weight excluding hydrogens is 458 g/mol. The minimum absolute atomic E-state index is 0.0470. The van der Waals surface area contributed by atoms with Crippen molar-refractivity contribution in [3.8, 4) is 10.6 Å². The fraction of sp³-hybridized carbons (Fsp3) is 0.143. The van der Waals surface area contributed by atoms with Crippen LogP contribution in [0, 0.1) is 20.8 Å². The summed E-state index contributed by atoms with van der Waals surface area (Å²) in [6.45, 7) is 5.73. The first-order chi connectivity index (χ1) is 16.9. The molecule has 0 aliphatic carbocycles. The number of carbonyl (C=O) groups is 2. The zero-order valence-electron chi connectivity index (χ0n) is 19.5. The number of carbonyl (C=O) groups excluding carboxylic acids is 2. The molecule has 1 amide bonds. The van der Waals surface area contributed by atoms with Gasteiger partial charge < -0.3 is 5.11 Å². The Morgan fingerprint density at radius 3 is 2.37 bits per heavy atom. The van der Waals surface area contributed by atoms with Crippen LogP contribution in [-0.2, 0) is 4.79 Å². The van der Waals surface area contributed by atoms with Crippen molar-refractivity contribution < 1.29 is 14.7 Å². The van der Waals surface area contributed by atoms with Crippen LogP contribution in [0.1, 0.15) is 38.1 Å². The lowest BCUT2D eigenvalue weighted by Crippen LogP contribution is -2.31. The average molecular weight is 482 g/mol. The van der Waals surface area contributed by atoms with E-state index in [4.69, 9.17) is 0 Å². The van der Waals surface area contributed by atoms with E-state index in [-0.39, 0.29) is 5.57 Å². The fourth-order valence-corrected chi connectivity index (χ4v) is 5.30.